The van der Waals surface area contributed by atoms with Crippen molar-refractivity contribution in [3.05, 3.63) is 66.3 Å². The maximum Gasteiger partial charge on any atom is 0.326 e. The molecule has 0 aliphatic rings. The van der Waals surface area contributed by atoms with Gasteiger partial charge in [0.25, 0.3) is 0 Å². The Hall–Kier alpha value is -4.41. The average Bonchev–Trinajstić information content (AvgIpc) is 3.55. The van der Waals surface area contributed by atoms with Crippen molar-refractivity contribution in [3.8, 4) is 11.8 Å². The lowest BCUT2D eigenvalue weighted by Gasteiger charge is -2.12. The van der Waals surface area contributed by atoms with Gasteiger partial charge in [-0.2, -0.15) is 15.1 Å². The number of aromatic amines is 2. The molecule has 0 saturated carbocycles. The summed E-state index contributed by atoms with van der Waals surface area (Å²) in [6, 6.07) is 8.69. The van der Waals surface area contributed by atoms with Gasteiger partial charge in [0.05, 0.1) is 6.33 Å². The van der Waals surface area contributed by atoms with Gasteiger partial charge in [-0.15, -0.1) is 0 Å². The second kappa shape index (κ2) is 9.22. The number of rotatable bonds is 9. The Morgan fingerprint density at radius 1 is 1.06 bits per heavy atom. The third kappa shape index (κ3) is 4.82. The van der Waals surface area contributed by atoms with E-state index >= 15 is 4.39 Å². The SMILES string of the molecule is Cc1cc(Nc2cc(NCCCn3ccnc3)nc(Oc3ccc4[nH]c(C)cc4c3F)n2)n[nH]1. The number of halogens is 1. The summed E-state index contributed by atoms with van der Waals surface area (Å²) < 4.78 is 22.8. The lowest BCUT2D eigenvalue weighted by molar-refractivity contribution is 0.415. The van der Waals surface area contributed by atoms with Gasteiger partial charge in [-0.1, -0.05) is 0 Å². The Morgan fingerprint density at radius 3 is 2.74 bits per heavy atom. The van der Waals surface area contributed by atoms with Crippen molar-refractivity contribution in [2.45, 2.75) is 26.8 Å². The molecule has 1 aromatic carbocycles. The van der Waals surface area contributed by atoms with Crippen molar-refractivity contribution in [3.63, 3.8) is 0 Å². The van der Waals surface area contributed by atoms with Crippen LogP contribution in [-0.2, 0) is 6.54 Å². The van der Waals surface area contributed by atoms with Gasteiger partial charge in [0.2, 0.25) is 0 Å². The molecular weight excluding hydrogens is 437 g/mol. The number of benzene rings is 1. The molecule has 10 nitrogen and oxygen atoms in total. The fraction of sp³-hybridized carbons (Fsp3) is 0.217. The number of nitrogens with zero attached hydrogens (tertiary/aromatic N) is 5. The summed E-state index contributed by atoms with van der Waals surface area (Å²) in [6.45, 7) is 5.26. The molecule has 0 amide bonds. The van der Waals surface area contributed by atoms with Crippen LogP contribution < -0.4 is 15.4 Å². The Labute approximate surface area is 194 Å². The minimum absolute atomic E-state index is 0.0138. The first-order valence-electron chi connectivity index (χ1n) is 10.9. The van der Waals surface area contributed by atoms with Crippen LogP contribution in [0.3, 0.4) is 0 Å². The largest absolute Gasteiger partial charge is 0.421 e. The highest BCUT2D eigenvalue weighted by molar-refractivity contribution is 5.82. The Bertz CT molecular complexity index is 1410. The van der Waals surface area contributed by atoms with Crippen LogP contribution in [0.25, 0.3) is 10.9 Å². The van der Waals surface area contributed by atoms with Crippen molar-refractivity contribution in [1.29, 1.82) is 0 Å². The summed E-state index contributed by atoms with van der Waals surface area (Å²) in [5.41, 5.74) is 2.47. The molecule has 4 heterocycles. The molecule has 0 unspecified atom stereocenters. The standard InChI is InChI=1S/C23H24FN9O/c1-14-10-16-17(27-14)4-5-18(22(16)24)34-23-29-19(26-6-3-8-33-9-7-25-13-33)12-20(30-23)28-21-11-15(2)31-32-21/h4-5,7,9-13,27H,3,6,8H2,1-2H3,(H3,26,28,29,30,31,32). The zero-order valence-electron chi connectivity index (χ0n) is 18.8. The molecule has 0 fully saturated rings. The zero-order valence-corrected chi connectivity index (χ0v) is 18.8. The number of imidazole rings is 1. The van der Waals surface area contributed by atoms with Crippen LogP contribution in [0.1, 0.15) is 17.8 Å². The molecule has 0 spiro atoms. The normalized spacial score (nSPS) is 11.1. The van der Waals surface area contributed by atoms with E-state index in [-0.39, 0.29) is 11.8 Å². The molecule has 0 radical (unpaired) electrons. The van der Waals surface area contributed by atoms with E-state index in [2.05, 4.69) is 40.8 Å². The monoisotopic (exact) mass is 461 g/mol. The number of nitrogens with one attached hydrogen (secondary N) is 4. The minimum Gasteiger partial charge on any atom is -0.421 e. The van der Waals surface area contributed by atoms with Crippen molar-refractivity contribution in [1.82, 2.24) is 34.7 Å². The van der Waals surface area contributed by atoms with Gasteiger partial charge in [-0.25, -0.2) is 9.37 Å². The predicted molar refractivity (Wildman–Crippen MR) is 127 cm³/mol. The number of fused-ring (bicyclic) bond motifs is 1. The number of aryl methyl sites for hydroxylation is 3. The summed E-state index contributed by atoms with van der Waals surface area (Å²) >= 11 is 0. The van der Waals surface area contributed by atoms with Gasteiger partial charge in [0, 0.05) is 59.9 Å². The maximum atomic E-state index is 15.0. The molecule has 0 aliphatic heterocycles. The Balaban J connectivity index is 1.37. The first kappa shape index (κ1) is 21.4. The number of anilines is 3. The number of H-pyrrole nitrogens is 2. The Morgan fingerprint density at radius 2 is 1.94 bits per heavy atom. The molecule has 174 valence electrons. The molecule has 0 saturated heterocycles. The van der Waals surface area contributed by atoms with E-state index in [4.69, 9.17) is 4.74 Å². The molecular formula is C23H24FN9O. The van der Waals surface area contributed by atoms with Gasteiger partial charge in [-0.3, -0.25) is 5.10 Å². The fourth-order valence-electron chi connectivity index (χ4n) is 3.60. The van der Waals surface area contributed by atoms with E-state index < -0.39 is 5.82 Å². The van der Waals surface area contributed by atoms with Gasteiger partial charge >= 0.3 is 6.01 Å². The highest BCUT2D eigenvalue weighted by atomic mass is 19.1. The molecule has 4 aromatic heterocycles. The van der Waals surface area contributed by atoms with Crippen LogP contribution in [0.2, 0.25) is 0 Å². The number of hydrogen-bond acceptors (Lipinski definition) is 7. The van der Waals surface area contributed by atoms with Crippen LogP contribution in [0.5, 0.6) is 11.8 Å². The number of aromatic nitrogens is 7. The highest BCUT2D eigenvalue weighted by Gasteiger charge is 2.14. The van der Waals surface area contributed by atoms with E-state index in [1.807, 2.05) is 30.7 Å². The quantitative estimate of drug-likeness (QED) is 0.235. The van der Waals surface area contributed by atoms with Crippen LogP contribution >= 0.6 is 0 Å². The van der Waals surface area contributed by atoms with Crippen molar-refractivity contribution in [2.75, 3.05) is 17.2 Å². The van der Waals surface area contributed by atoms with Gasteiger partial charge in [0.15, 0.2) is 17.4 Å². The summed E-state index contributed by atoms with van der Waals surface area (Å²) in [7, 11) is 0. The second-order valence-electron chi connectivity index (χ2n) is 7.96. The molecule has 11 heteroatoms. The van der Waals surface area contributed by atoms with Crippen molar-refractivity contribution in [2.24, 2.45) is 0 Å². The smallest absolute Gasteiger partial charge is 0.326 e. The second-order valence-corrected chi connectivity index (χ2v) is 7.96. The molecule has 34 heavy (non-hydrogen) atoms. The zero-order chi connectivity index (χ0) is 23.5. The maximum absolute atomic E-state index is 15.0. The predicted octanol–water partition coefficient (Wildman–Crippen LogP) is 4.67. The molecule has 5 rings (SSSR count). The van der Waals surface area contributed by atoms with Crippen molar-refractivity contribution >= 4 is 28.4 Å². The first-order valence-corrected chi connectivity index (χ1v) is 10.9. The van der Waals surface area contributed by atoms with E-state index in [9.17, 15) is 0 Å². The van der Waals surface area contributed by atoms with Gasteiger partial charge < -0.3 is 24.9 Å². The molecule has 0 aliphatic carbocycles. The van der Waals surface area contributed by atoms with Crippen LogP contribution in [0.4, 0.5) is 21.8 Å². The topological polar surface area (TPSA) is 121 Å². The fourth-order valence-corrected chi connectivity index (χ4v) is 3.60. The van der Waals surface area contributed by atoms with Crippen molar-refractivity contribution < 1.29 is 9.13 Å². The number of hydrogen-bond donors (Lipinski definition) is 4. The molecule has 5 aromatic rings. The first-order chi connectivity index (χ1) is 16.5. The van der Waals surface area contributed by atoms with E-state index in [1.54, 1.807) is 36.8 Å². The molecule has 0 bridgehead atoms. The third-order valence-electron chi connectivity index (χ3n) is 5.16. The van der Waals surface area contributed by atoms with Crippen LogP contribution in [0, 0.1) is 19.7 Å². The summed E-state index contributed by atoms with van der Waals surface area (Å²) in [5, 5.41) is 13.9. The van der Waals surface area contributed by atoms with E-state index in [1.165, 1.54) is 0 Å². The summed E-state index contributed by atoms with van der Waals surface area (Å²) in [6.07, 6.45) is 6.31. The molecule has 0 atom stereocenters. The van der Waals surface area contributed by atoms with Crippen LogP contribution in [-0.4, -0.2) is 41.2 Å². The average molecular weight is 462 g/mol. The summed E-state index contributed by atoms with van der Waals surface area (Å²) in [5.74, 6) is 1.19. The Kier molecular flexibility index (Phi) is 5.81. The highest BCUT2D eigenvalue weighted by Crippen LogP contribution is 2.30. The lowest BCUT2D eigenvalue weighted by atomic mass is 10.2. The van der Waals surface area contributed by atoms with E-state index in [0.717, 1.165) is 24.4 Å². The lowest BCUT2D eigenvalue weighted by Crippen LogP contribution is -2.09. The van der Waals surface area contributed by atoms with E-state index in [0.29, 0.717) is 34.9 Å². The number of ether oxygens (including phenoxy) is 1. The van der Waals surface area contributed by atoms with Gasteiger partial charge in [-0.05, 0) is 38.5 Å². The van der Waals surface area contributed by atoms with Gasteiger partial charge in [0.1, 0.15) is 11.6 Å². The minimum atomic E-state index is -0.471. The third-order valence-corrected chi connectivity index (χ3v) is 5.16. The molecule has 4 N–H and O–H groups in total. The summed E-state index contributed by atoms with van der Waals surface area (Å²) in [4.78, 5) is 16.0. The van der Waals surface area contributed by atoms with Crippen LogP contribution in [0.15, 0.2) is 49.1 Å².